The highest BCUT2D eigenvalue weighted by Crippen LogP contribution is 2.29. The molecule has 0 aliphatic rings. The molecule has 0 atom stereocenters. The van der Waals surface area contributed by atoms with E-state index in [1.165, 1.54) is 0 Å². The Morgan fingerprint density at radius 2 is 1.82 bits per heavy atom. The number of nitrogens with one attached hydrogen (secondary N) is 2. The lowest BCUT2D eigenvalue weighted by molar-refractivity contribution is 0.355. The zero-order valence-corrected chi connectivity index (χ0v) is 18.1. The zero-order valence-electron chi connectivity index (χ0n) is 15.8. The zero-order chi connectivity index (χ0) is 19.1. The fraction of sp³-hybridized carbons (Fsp3) is 0.200. The van der Waals surface area contributed by atoms with E-state index >= 15 is 0 Å². The van der Waals surface area contributed by atoms with Crippen molar-refractivity contribution in [3.63, 3.8) is 0 Å². The standard InChI is InChI=1S/C20H23N5O2.HI/c1-26-17-9-8-15(13-18(17)27-2)24-20(21)23-12-11-22-19-10-7-14-5-3-4-6-16(14)25-19;/h3-10,13H,11-12H2,1-2H3,(H,22,25)(H3,21,23,24);1H. The van der Waals surface area contributed by atoms with Gasteiger partial charge in [-0.2, -0.15) is 0 Å². The summed E-state index contributed by atoms with van der Waals surface area (Å²) in [5.74, 6) is 2.43. The second-order valence-electron chi connectivity index (χ2n) is 5.78. The van der Waals surface area contributed by atoms with Crippen molar-refractivity contribution in [3.05, 3.63) is 54.6 Å². The van der Waals surface area contributed by atoms with Crippen LogP contribution in [0, 0.1) is 0 Å². The van der Waals surface area contributed by atoms with E-state index in [1.54, 1.807) is 26.4 Å². The monoisotopic (exact) mass is 493 g/mol. The van der Waals surface area contributed by atoms with Crippen LogP contribution in [0.25, 0.3) is 10.9 Å². The van der Waals surface area contributed by atoms with Gasteiger partial charge >= 0.3 is 0 Å². The molecule has 7 nitrogen and oxygen atoms in total. The van der Waals surface area contributed by atoms with Crippen LogP contribution in [0.2, 0.25) is 0 Å². The minimum absolute atomic E-state index is 0. The molecule has 3 aromatic rings. The molecule has 4 N–H and O–H groups in total. The van der Waals surface area contributed by atoms with Crippen molar-refractivity contribution in [2.75, 3.05) is 37.9 Å². The number of hydrogen-bond donors (Lipinski definition) is 3. The second kappa shape index (κ2) is 10.5. The molecule has 0 spiro atoms. The van der Waals surface area contributed by atoms with Crippen LogP contribution in [0.5, 0.6) is 11.5 Å². The van der Waals surface area contributed by atoms with Gasteiger partial charge in [0.05, 0.1) is 26.3 Å². The number of nitrogens with zero attached hydrogens (tertiary/aromatic N) is 2. The molecule has 0 fully saturated rings. The summed E-state index contributed by atoms with van der Waals surface area (Å²) in [6.07, 6.45) is 0. The summed E-state index contributed by atoms with van der Waals surface area (Å²) in [5, 5.41) is 7.41. The number of rotatable bonds is 7. The van der Waals surface area contributed by atoms with Crippen LogP contribution in [-0.4, -0.2) is 38.3 Å². The van der Waals surface area contributed by atoms with Gasteiger partial charge in [-0.3, -0.25) is 4.99 Å². The first-order chi connectivity index (χ1) is 13.2. The number of nitrogens with two attached hydrogens (primary N) is 1. The number of para-hydroxylation sites is 1. The molecule has 148 valence electrons. The minimum Gasteiger partial charge on any atom is -0.493 e. The van der Waals surface area contributed by atoms with Gasteiger partial charge in [0.2, 0.25) is 0 Å². The molecule has 8 heteroatoms. The topological polar surface area (TPSA) is 93.8 Å². The summed E-state index contributed by atoms with van der Waals surface area (Å²) in [7, 11) is 3.18. The van der Waals surface area contributed by atoms with Crippen molar-refractivity contribution >= 4 is 52.3 Å². The maximum absolute atomic E-state index is 5.95. The normalized spacial score (nSPS) is 10.9. The van der Waals surface area contributed by atoms with Crippen LogP contribution in [0.15, 0.2) is 59.6 Å². The Hall–Kier alpha value is -2.75. The number of guanidine groups is 1. The van der Waals surface area contributed by atoms with Gasteiger partial charge in [-0.05, 0) is 30.3 Å². The quantitative estimate of drug-likeness (QED) is 0.201. The smallest absolute Gasteiger partial charge is 0.193 e. The lowest BCUT2D eigenvalue weighted by Gasteiger charge is -2.11. The first-order valence-corrected chi connectivity index (χ1v) is 8.58. The number of benzene rings is 2. The van der Waals surface area contributed by atoms with E-state index in [2.05, 4.69) is 20.6 Å². The second-order valence-corrected chi connectivity index (χ2v) is 5.78. The molecule has 28 heavy (non-hydrogen) atoms. The van der Waals surface area contributed by atoms with Crippen molar-refractivity contribution in [1.29, 1.82) is 0 Å². The average Bonchev–Trinajstić information content (AvgIpc) is 2.71. The maximum atomic E-state index is 5.95. The Labute approximate surface area is 181 Å². The summed E-state index contributed by atoms with van der Waals surface area (Å²) >= 11 is 0. The fourth-order valence-corrected chi connectivity index (χ4v) is 2.63. The molecule has 0 unspecified atom stereocenters. The van der Waals surface area contributed by atoms with E-state index < -0.39 is 0 Å². The van der Waals surface area contributed by atoms with E-state index in [1.807, 2.05) is 42.5 Å². The Balaban J connectivity index is 0.00000280. The van der Waals surface area contributed by atoms with Gasteiger partial charge in [-0.1, -0.05) is 18.2 Å². The van der Waals surface area contributed by atoms with Crippen molar-refractivity contribution in [2.24, 2.45) is 10.7 Å². The fourth-order valence-electron chi connectivity index (χ4n) is 2.63. The number of methoxy groups -OCH3 is 2. The van der Waals surface area contributed by atoms with Crippen molar-refractivity contribution in [3.8, 4) is 11.5 Å². The highest BCUT2D eigenvalue weighted by Gasteiger charge is 2.05. The number of fused-ring (bicyclic) bond motifs is 1. The Morgan fingerprint density at radius 1 is 1.04 bits per heavy atom. The van der Waals surface area contributed by atoms with Gasteiger partial charge in [0.15, 0.2) is 17.5 Å². The van der Waals surface area contributed by atoms with Crippen LogP contribution in [0.3, 0.4) is 0 Å². The molecule has 0 amide bonds. The highest BCUT2D eigenvalue weighted by atomic mass is 127. The third-order valence-electron chi connectivity index (χ3n) is 3.95. The van der Waals surface area contributed by atoms with Crippen molar-refractivity contribution < 1.29 is 9.47 Å². The predicted molar refractivity (Wildman–Crippen MR) is 125 cm³/mol. The van der Waals surface area contributed by atoms with E-state index in [0.717, 1.165) is 22.4 Å². The summed E-state index contributed by atoms with van der Waals surface area (Å²) in [5.41, 5.74) is 7.68. The van der Waals surface area contributed by atoms with Gasteiger partial charge in [-0.25, -0.2) is 4.98 Å². The number of ether oxygens (including phenoxy) is 2. The molecule has 0 bridgehead atoms. The Kier molecular flexibility index (Phi) is 8.12. The number of anilines is 2. The van der Waals surface area contributed by atoms with Gasteiger partial charge in [0.1, 0.15) is 5.82 Å². The van der Waals surface area contributed by atoms with Gasteiger partial charge in [-0.15, -0.1) is 24.0 Å². The van der Waals surface area contributed by atoms with Gasteiger partial charge < -0.3 is 25.8 Å². The van der Waals surface area contributed by atoms with E-state index in [4.69, 9.17) is 15.2 Å². The molecule has 0 saturated carbocycles. The SMILES string of the molecule is COc1ccc(NC(N)=NCCNc2ccc3ccccc3n2)cc1OC.I. The number of halogens is 1. The molecule has 3 rings (SSSR count). The molecule has 0 radical (unpaired) electrons. The van der Waals surface area contributed by atoms with Crippen molar-refractivity contribution in [1.82, 2.24) is 4.98 Å². The van der Waals surface area contributed by atoms with Crippen LogP contribution in [0.4, 0.5) is 11.5 Å². The molecule has 0 saturated heterocycles. The van der Waals surface area contributed by atoms with Crippen LogP contribution in [-0.2, 0) is 0 Å². The number of pyridine rings is 1. The molecule has 0 aliphatic heterocycles. The molecular formula is C20H24IN5O2. The van der Waals surface area contributed by atoms with Gasteiger partial charge in [0, 0.05) is 23.7 Å². The maximum Gasteiger partial charge on any atom is 0.193 e. The van der Waals surface area contributed by atoms with E-state index in [9.17, 15) is 0 Å². The molecular weight excluding hydrogens is 469 g/mol. The molecule has 0 aliphatic carbocycles. The molecule has 2 aromatic carbocycles. The Bertz CT molecular complexity index is 949. The third kappa shape index (κ3) is 5.62. The third-order valence-corrected chi connectivity index (χ3v) is 3.95. The number of aliphatic imine (C=N–C) groups is 1. The van der Waals surface area contributed by atoms with Crippen LogP contribution in [0.1, 0.15) is 0 Å². The number of hydrogen-bond acceptors (Lipinski definition) is 5. The predicted octanol–water partition coefficient (Wildman–Crippen LogP) is 3.71. The minimum atomic E-state index is 0. The lowest BCUT2D eigenvalue weighted by atomic mass is 10.2. The van der Waals surface area contributed by atoms with E-state index in [-0.39, 0.29) is 24.0 Å². The van der Waals surface area contributed by atoms with Crippen molar-refractivity contribution in [2.45, 2.75) is 0 Å². The largest absolute Gasteiger partial charge is 0.493 e. The average molecular weight is 493 g/mol. The Morgan fingerprint density at radius 3 is 2.61 bits per heavy atom. The highest BCUT2D eigenvalue weighted by molar-refractivity contribution is 14.0. The van der Waals surface area contributed by atoms with Gasteiger partial charge in [0.25, 0.3) is 0 Å². The summed E-state index contributed by atoms with van der Waals surface area (Å²) in [6, 6.07) is 17.5. The molecule has 1 heterocycles. The number of aromatic nitrogens is 1. The summed E-state index contributed by atoms with van der Waals surface area (Å²) in [4.78, 5) is 8.88. The summed E-state index contributed by atoms with van der Waals surface area (Å²) in [6.45, 7) is 1.14. The molecule has 1 aromatic heterocycles. The van der Waals surface area contributed by atoms with E-state index in [0.29, 0.717) is 30.5 Å². The first-order valence-electron chi connectivity index (χ1n) is 8.58. The summed E-state index contributed by atoms with van der Waals surface area (Å²) < 4.78 is 10.5. The lowest BCUT2D eigenvalue weighted by Crippen LogP contribution is -2.23. The first kappa shape index (κ1) is 21.5. The van der Waals surface area contributed by atoms with Crippen LogP contribution >= 0.6 is 24.0 Å². The van der Waals surface area contributed by atoms with Crippen LogP contribution < -0.4 is 25.8 Å².